The SMILES string of the molecule is O=C(c1cncc(Br)c1)N1CCC(CCc2noc(-c3ccc(F)cc3)n2)C1. The summed E-state index contributed by atoms with van der Waals surface area (Å²) >= 11 is 3.35. The topological polar surface area (TPSA) is 72.1 Å². The van der Waals surface area contributed by atoms with Gasteiger partial charge in [0.15, 0.2) is 5.82 Å². The summed E-state index contributed by atoms with van der Waals surface area (Å²) in [6, 6.07) is 7.75. The largest absolute Gasteiger partial charge is 0.338 e. The summed E-state index contributed by atoms with van der Waals surface area (Å²) in [7, 11) is 0. The molecule has 1 amide bonds. The van der Waals surface area contributed by atoms with Crippen LogP contribution in [0.3, 0.4) is 0 Å². The van der Waals surface area contributed by atoms with Crippen LogP contribution in [0.5, 0.6) is 0 Å². The van der Waals surface area contributed by atoms with E-state index in [-0.39, 0.29) is 11.7 Å². The Balaban J connectivity index is 1.32. The van der Waals surface area contributed by atoms with Gasteiger partial charge in [-0.15, -0.1) is 0 Å². The molecule has 28 heavy (non-hydrogen) atoms. The Morgan fingerprint density at radius 3 is 2.89 bits per heavy atom. The van der Waals surface area contributed by atoms with Gasteiger partial charge in [0.2, 0.25) is 0 Å². The van der Waals surface area contributed by atoms with Crippen molar-refractivity contribution in [3.8, 4) is 11.5 Å². The number of benzene rings is 1. The summed E-state index contributed by atoms with van der Waals surface area (Å²) in [5.41, 5.74) is 1.29. The monoisotopic (exact) mass is 444 g/mol. The standard InChI is InChI=1S/C20H18BrFN4O2/c21-16-9-15(10-23-11-16)20(27)26-8-7-13(12-26)1-6-18-24-19(28-25-18)14-2-4-17(22)5-3-14/h2-5,9-11,13H,1,6-8,12H2. The minimum absolute atomic E-state index is 0.00876. The average Bonchev–Trinajstić information content (AvgIpc) is 3.36. The number of likely N-dealkylation sites (tertiary alicyclic amines) is 1. The molecule has 0 spiro atoms. The molecule has 2 aromatic heterocycles. The van der Waals surface area contributed by atoms with E-state index in [4.69, 9.17) is 4.52 Å². The number of aryl methyl sites for hydroxylation is 1. The van der Waals surface area contributed by atoms with E-state index < -0.39 is 0 Å². The zero-order valence-electron chi connectivity index (χ0n) is 15.0. The Hall–Kier alpha value is -2.61. The highest BCUT2D eigenvalue weighted by atomic mass is 79.9. The van der Waals surface area contributed by atoms with Crippen molar-refractivity contribution in [2.75, 3.05) is 13.1 Å². The maximum atomic E-state index is 13.0. The highest BCUT2D eigenvalue weighted by Crippen LogP contribution is 2.24. The van der Waals surface area contributed by atoms with Gasteiger partial charge in [-0.2, -0.15) is 4.98 Å². The molecule has 1 fully saturated rings. The number of nitrogens with zero attached hydrogens (tertiary/aromatic N) is 4. The molecule has 4 rings (SSSR count). The van der Waals surface area contributed by atoms with Crippen molar-refractivity contribution in [1.82, 2.24) is 20.0 Å². The number of halogens is 2. The van der Waals surface area contributed by atoms with Gasteiger partial charge in [-0.1, -0.05) is 5.16 Å². The number of rotatable bonds is 5. The fourth-order valence-corrected chi connectivity index (χ4v) is 3.73. The van der Waals surface area contributed by atoms with Gasteiger partial charge < -0.3 is 9.42 Å². The van der Waals surface area contributed by atoms with Crippen molar-refractivity contribution in [3.63, 3.8) is 0 Å². The molecule has 1 atom stereocenters. The first-order valence-corrected chi connectivity index (χ1v) is 9.86. The Kier molecular flexibility index (Phi) is 5.47. The molecule has 6 nitrogen and oxygen atoms in total. The molecule has 1 unspecified atom stereocenters. The summed E-state index contributed by atoms with van der Waals surface area (Å²) in [6.07, 6.45) is 5.76. The van der Waals surface area contributed by atoms with Gasteiger partial charge >= 0.3 is 0 Å². The average molecular weight is 445 g/mol. The summed E-state index contributed by atoms with van der Waals surface area (Å²) in [4.78, 5) is 22.9. The van der Waals surface area contributed by atoms with Crippen LogP contribution >= 0.6 is 15.9 Å². The van der Waals surface area contributed by atoms with Crippen molar-refractivity contribution in [2.24, 2.45) is 5.92 Å². The lowest BCUT2D eigenvalue weighted by atomic mass is 10.0. The van der Waals surface area contributed by atoms with Crippen LogP contribution in [0, 0.1) is 11.7 Å². The van der Waals surface area contributed by atoms with E-state index >= 15 is 0 Å². The minimum atomic E-state index is -0.303. The third kappa shape index (κ3) is 4.27. The number of pyridine rings is 1. The van der Waals surface area contributed by atoms with E-state index in [1.54, 1.807) is 30.6 Å². The van der Waals surface area contributed by atoms with Gasteiger partial charge in [0.05, 0.1) is 5.56 Å². The van der Waals surface area contributed by atoms with Gasteiger partial charge in [0.25, 0.3) is 11.8 Å². The lowest BCUT2D eigenvalue weighted by molar-refractivity contribution is 0.0786. The molecule has 144 valence electrons. The fourth-order valence-electron chi connectivity index (χ4n) is 3.36. The Morgan fingerprint density at radius 2 is 2.11 bits per heavy atom. The number of aromatic nitrogens is 3. The van der Waals surface area contributed by atoms with Crippen LogP contribution in [0.25, 0.3) is 11.5 Å². The summed E-state index contributed by atoms with van der Waals surface area (Å²) in [5.74, 6) is 1.12. The summed E-state index contributed by atoms with van der Waals surface area (Å²) in [6.45, 7) is 1.46. The van der Waals surface area contributed by atoms with Crippen LogP contribution < -0.4 is 0 Å². The predicted octanol–water partition coefficient (Wildman–Crippen LogP) is 4.13. The van der Waals surface area contributed by atoms with Crippen molar-refractivity contribution < 1.29 is 13.7 Å². The van der Waals surface area contributed by atoms with Crippen LogP contribution in [0.2, 0.25) is 0 Å². The number of carbonyl (C=O) groups is 1. The van der Waals surface area contributed by atoms with Crippen molar-refractivity contribution in [3.05, 3.63) is 64.4 Å². The Morgan fingerprint density at radius 1 is 1.29 bits per heavy atom. The predicted molar refractivity (Wildman–Crippen MR) is 104 cm³/mol. The Bertz CT molecular complexity index is 976. The second-order valence-electron chi connectivity index (χ2n) is 6.86. The quantitative estimate of drug-likeness (QED) is 0.591. The second kappa shape index (κ2) is 8.18. The van der Waals surface area contributed by atoms with E-state index in [9.17, 15) is 9.18 Å². The molecule has 1 aliphatic heterocycles. The van der Waals surface area contributed by atoms with Gasteiger partial charge in [-0.3, -0.25) is 9.78 Å². The number of hydrogen-bond donors (Lipinski definition) is 0. The molecular weight excluding hydrogens is 427 g/mol. The normalized spacial score (nSPS) is 16.5. The molecule has 1 aliphatic rings. The van der Waals surface area contributed by atoms with Gasteiger partial charge in [0, 0.05) is 41.9 Å². The lowest BCUT2D eigenvalue weighted by Crippen LogP contribution is -2.28. The van der Waals surface area contributed by atoms with Gasteiger partial charge in [-0.25, -0.2) is 4.39 Å². The number of hydrogen-bond acceptors (Lipinski definition) is 5. The first kappa shape index (κ1) is 18.7. The van der Waals surface area contributed by atoms with Crippen LogP contribution in [0.1, 0.15) is 29.0 Å². The minimum Gasteiger partial charge on any atom is -0.338 e. The van der Waals surface area contributed by atoms with E-state index in [2.05, 4.69) is 31.1 Å². The molecule has 1 saturated heterocycles. The van der Waals surface area contributed by atoms with Crippen LogP contribution in [-0.2, 0) is 6.42 Å². The smallest absolute Gasteiger partial charge is 0.257 e. The maximum Gasteiger partial charge on any atom is 0.257 e. The molecule has 0 aliphatic carbocycles. The van der Waals surface area contributed by atoms with Crippen molar-refractivity contribution >= 4 is 21.8 Å². The third-order valence-electron chi connectivity index (χ3n) is 4.86. The number of carbonyl (C=O) groups excluding carboxylic acids is 1. The molecule has 8 heteroatoms. The third-order valence-corrected chi connectivity index (χ3v) is 5.29. The maximum absolute atomic E-state index is 13.0. The van der Waals surface area contributed by atoms with Crippen LogP contribution in [0.4, 0.5) is 4.39 Å². The van der Waals surface area contributed by atoms with Gasteiger partial charge in [-0.05, 0) is 65.0 Å². The summed E-state index contributed by atoms with van der Waals surface area (Å²) < 4.78 is 19.1. The van der Waals surface area contributed by atoms with E-state index in [0.29, 0.717) is 41.7 Å². The van der Waals surface area contributed by atoms with Crippen LogP contribution in [-0.4, -0.2) is 39.0 Å². The van der Waals surface area contributed by atoms with E-state index in [0.717, 1.165) is 23.9 Å². The fraction of sp³-hybridized carbons (Fsp3) is 0.300. The lowest BCUT2D eigenvalue weighted by Gasteiger charge is -2.16. The number of amides is 1. The van der Waals surface area contributed by atoms with E-state index in [1.165, 1.54) is 12.1 Å². The van der Waals surface area contributed by atoms with Gasteiger partial charge in [0.1, 0.15) is 5.82 Å². The highest BCUT2D eigenvalue weighted by molar-refractivity contribution is 9.10. The molecular formula is C20H18BrFN4O2. The van der Waals surface area contributed by atoms with Crippen LogP contribution in [0.15, 0.2) is 51.7 Å². The van der Waals surface area contributed by atoms with Crippen molar-refractivity contribution in [2.45, 2.75) is 19.3 Å². The zero-order chi connectivity index (χ0) is 19.5. The second-order valence-corrected chi connectivity index (χ2v) is 7.77. The molecule has 3 heterocycles. The molecule has 0 radical (unpaired) electrons. The molecule has 0 N–H and O–H groups in total. The molecule has 1 aromatic carbocycles. The van der Waals surface area contributed by atoms with E-state index in [1.807, 2.05) is 4.90 Å². The molecule has 0 bridgehead atoms. The Labute approximate surface area is 169 Å². The zero-order valence-corrected chi connectivity index (χ0v) is 16.6. The summed E-state index contributed by atoms with van der Waals surface area (Å²) in [5, 5.41) is 4.01. The first-order valence-electron chi connectivity index (χ1n) is 9.07. The first-order chi connectivity index (χ1) is 13.6. The van der Waals surface area contributed by atoms with Crippen molar-refractivity contribution in [1.29, 1.82) is 0 Å². The molecule has 0 saturated carbocycles. The molecule has 3 aromatic rings. The highest BCUT2D eigenvalue weighted by Gasteiger charge is 2.27.